The lowest BCUT2D eigenvalue weighted by Gasteiger charge is -2.28. The first-order valence-electron chi connectivity index (χ1n) is 5.67. The minimum Gasteiger partial charge on any atom is -0.345 e. The Morgan fingerprint density at radius 3 is 2.73 bits per heavy atom. The third kappa shape index (κ3) is 4.59. The van der Waals surface area contributed by atoms with Crippen LogP contribution in [0, 0.1) is 0 Å². The van der Waals surface area contributed by atoms with E-state index in [1.807, 2.05) is 7.05 Å². The highest BCUT2D eigenvalue weighted by Gasteiger charge is 2.12. The van der Waals surface area contributed by atoms with E-state index in [2.05, 4.69) is 22.7 Å². The SMILES string of the molecule is CCCN(C)C(=O)CNN1CCNCC1. The molecule has 15 heavy (non-hydrogen) atoms. The van der Waals surface area contributed by atoms with Gasteiger partial charge in [-0.25, -0.2) is 10.4 Å². The zero-order chi connectivity index (χ0) is 11.1. The van der Waals surface area contributed by atoms with Crippen LogP contribution in [0.4, 0.5) is 0 Å². The number of nitrogens with one attached hydrogen (secondary N) is 2. The molecule has 1 heterocycles. The van der Waals surface area contributed by atoms with Crippen LogP contribution >= 0.6 is 0 Å². The first kappa shape index (κ1) is 12.4. The monoisotopic (exact) mass is 214 g/mol. The fourth-order valence-corrected chi connectivity index (χ4v) is 1.60. The molecule has 0 aliphatic carbocycles. The molecule has 0 aromatic carbocycles. The molecule has 0 atom stereocenters. The number of piperazine rings is 1. The molecular weight excluding hydrogens is 192 g/mol. The highest BCUT2D eigenvalue weighted by atomic mass is 16.2. The van der Waals surface area contributed by atoms with Crippen molar-refractivity contribution in [3.63, 3.8) is 0 Å². The number of hydrazine groups is 1. The minimum absolute atomic E-state index is 0.162. The van der Waals surface area contributed by atoms with E-state index in [0.717, 1.165) is 39.1 Å². The number of likely N-dealkylation sites (N-methyl/N-ethyl adjacent to an activating group) is 1. The molecule has 0 unspecified atom stereocenters. The Bertz CT molecular complexity index is 192. The predicted octanol–water partition coefficient (Wildman–Crippen LogP) is -0.735. The van der Waals surface area contributed by atoms with Crippen LogP contribution < -0.4 is 10.7 Å². The third-order valence-corrected chi connectivity index (χ3v) is 2.56. The lowest BCUT2D eigenvalue weighted by molar-refractivity contribution is -0.130. The normalized spacial score (nSPS) is 17.7. The second-order valence-electron chi connectivity index (χ2n) is 3.89. The summed E-state index contributed by atoms with van der Waals surface area (Å²) in [5.41, 5.74) is 3.16. The summed E-state index contributed by atoms with van der Waals surface area (Å²) in [5, 5.41) is 5.37. The Kier molecular flexibility index (Phi) is 5.60. The van der Waals surface area contributed by atoms with E-state index in [1.165, 1.54) is 0 Å². The zero-order valence-electron chi connectivity index (χ0n) is 9.75. The molecule has 2 N–H and O–H groups in total. The van der Waals surface area contributed by atoms with Gasteiger partial charge in [-0.15, -0.1) is 0 Å². The van der Waals surface area contributed by atoms with Gasteiger partial charge in [0.15, 0.2) is 0 Å². The van der Waals surface area contributed by atoms with Crippen molar-refractivity contribution in [2.45, 2.75) is 13.3 Å². The molecule has 1 aliphatic heterocycles. The number of carbonyl (C=O) groups excluding carboxylic acids is 1. The number of hydrogen-bond donors (Lipinski definition) is 2. The molecule has 1 aliphatic rings. The Morgan fingerprint density at radius 1 is 1.47 bits per heavy atom. The molecule has 5 heteroatoms. The van der Waals surface area contributed by atoms with Gasteiger partial charge in [0.25, 0.3) is 0 Å². The summed E-state index contributed by atoms with van der Waals surface area (Å²) in [6.45, 7) is 7.24. The number of amides is 1. The summed E-state index contributed by atoms with van der Waals surface area (Å²) in [5.74, 6) is 0.162. The van der Waals surface area contributed by atoms with E-state index < -0.39 is 0 Å². The van der Waals surface area contributed by atoms with Crippen molar-refractivity contribution >= 4 is 5.91 Å². The van der Waals surface area contributed by atoms with Crippen molar-refractivity contribution in [2.75, 3.05) is 46.3 Å². The summed E-state index contributed by atoms with van der Waals surface area (Å²) in [6, 6.07) is 0. The van der Waals surface area contributed by atoms with Crippen molar-refractivity contribution in [1.82, 2.24) is 20.7 Å². The van der Waals surface area contributed by atoms with Gasteiger partial charge in [0.2, 0.25) is 5.91 Å². The standard InChI is InChI=1S/C10H22N4O/c1-3-6-13(2)10(15)9-12-14-7-4-11-5-8-14/h11-12H,3-9H2,1-2H3. The third-order valence-electron chi connectivity index (χ3n) is 2.56. The molecule has 1 fully saturated rings. The van der Waals surface area contributed by atoms with Crippen molar-refractivity contribution in [2.24, 2.45) is 0 Å². The Balaban J connectivity index is 2.14. The van der Waals surface area contributed by atoms with E-state index in [9.17, 15) is 4.79 Å². The van der Waals surface area contributed by atoms with Gasteiger partial charge < -0.3 is 10.2 Å². The largest absolute Gasteiger partial charge is 0.345 e. The van der Waals surface area contributed by atoms with Crippen molar-refractivity contribution in [1.29, 1.82) is 0 Å². The maximum Gasteiger partial charge on any atom is 0.237 e. The summed E-state index contributed by atoms with van der Waals surface area (Å²) in [6.07, 6.45) is 1.01. The average Bonchev–Trinajstić information content (AvgIpc) is 2.27. The van der Waals surface area contributed by atoms with Crippen LogP contribution in [0.3, 0.4) is 0 Å². The number of carbonyl (C=O) groups is 1. The van der Waals surface area contributed by atoms with Crippen molar-refractivity contribution in [3.05, 3.63) is 0 Å². The molecule has 1 amide bonds. The Hall–Kier alpha value is -0.650. The van der Waals surface area contributed by atoms with Gasteiger partial charge in [0, 0.05) is 39.8 Å². The van der Waals surface area contributed by atoms with Gasteiger partial charge in [-0.2, -0.15) is 0 Å². The highest BCUT2D eigenvalue weighted by Crippen LogP contribution is 1.89. The maximum absolute atomic E-state index is 11.6. The highest BCUT2D eigenvalue weighted by molar-refractivity contribution is 5.77. The van der Waals surface area contributed by atoms with Crippen molar-refractivity contribution in [3.8, 4) is 0 Å². The number of hydrogen-bond acceptors (Lipinski definition) is 4. The van der Waals surface area contributed by atoms with Crippen LogP contribution in [0.25, 0.3) is 0 Å². The molecule has 0 spiro atoms. The van der Waals surface area contributed by atoms with Crippen LogP contribution in [0.1, 0.15) is 13.3 Å². The molecule has 0 aromatic heterocycles. The number of nitrogens with zero attached hydrogens (tertiary/aromatic N) is 2. The predicted molar refractivity (Wildman–Crippen MR) is 60.4 cm³/mol. The molecule has 0 saturated carbocycles. The van der Waals surface area contributed by atoms with Gasteiger partial charge in [-0.1, -0.05) is 6.92 Å². The van der Waals surface area contributed by atoms with Gasteiger partial charge in [0.05, 0.1) is 6.54 Å². The van der Waals surface area contributed by atoms with Crippen LogP contribution in [0.15, 0.2) is 0 Å². The van der Waals surface area contributed by atoms with Gasteiger partial charge >= 0.3 is 0 Å². The van der Waals surface area contributed by atoms with Gasteiger partial charge in [-0.3, -0.25) is 4.79 Å². The fourth-order valence-electron chi connectivity index (χ4n) is 1.60. The second kappa shape index (κ2) is 6.76. The maximum atomic E-state index is 11.6. The van der Waals surface area contributed by atoms with Crippen LogP contribution in [0.2, 0.25) is 0 Å². The summed E-state index contributed by atoms with van der Waals surface area (Å²) in [4.78, 5) is 13.4. The first-order chi connectivity index (χ1) is 7.24. The first-order valence-corrected chi connectivity index (χ1v) is 5.67. The fraction of sp³-hybridized carbons (Fsp3) is 0.900. The minimum atomic E-state index is 0.162. The quantitative estimate of drug-likeness (QED) is 0.633. The van der Waals surface area contributed by atoms with Crippen LogP contribution in [-0.4, -0.2) is 62.1 Å². The summed E-state index contributed by atoms with van der Waals surface area (Å²) < 4.78 is 0. The smallest absolute Gasteiger partial charge is 0.237 e. The Morgan fingerprint density at radius 2 is 2.13 bits per heavy atom. The van der Waals surface area contributed by atoms with E-state index in [-0.39, 0.29) is 5.91 Å². The molecule has 1 rings (SSSR count). The van der Waals surface area contributed by atoms with Crippen LogP contribution in [-0.2, 0) is 4.79 Å². The Labute approximate surface area is 91.8 Å². The zero-order valence-corrected chi connectivity index (χ0v) is 9.75. The summed E-state index contributed by atoms with van der Waals surface area (Å²) >= 11 is 0. The molecule has 1 saturated heterocycles. The van der Waals surface area contributed by atoms with Gasteiger partial charge in [-0.05, 0) is 6.42 Å². The van der Waals surface area contributed by atoms with E-state index in [1.54, 1.807) is 4.90 Å². The molecule has 0 bridgehead atoms. The van der Waals surface area contributed by atoms with E-state index >= 15 is 0 Å². The van der Waals surface area contributed by atoms with Gasteiger partial charge in [0.1, 0.15) is 0 Å². The molecular formula is C10H22N4O. The van der Waals surface area contributed by atoms with Crippen molar-refractivity contribution < 1.29 is 4.79 Å². The second-order valence-corrected chi connectivity index (χ2v) is 3.89. The lowest BCUT2D eigenvalue weighted by Crippen LogP contribution is -2.52. The molecule has 0 aromatic rings. The number of rotatable bonds is 5. The van der Waals surface area contributed by atoms with Crippen LogP contribution in [0.5, 0.6) is 0 Å². The topological polar surface area (TPSA) is 47.6 Å². The molecule has 0 radical (unpaired) electrons. The lowest BCUT2D eigenvalue weighted by atomic mass is 10.4. The summed E-state index contributed by atoms with van der Waals surface area (Å²) in [7, 11) is 1.85. The molecule has 5 nitrogen and oxygen atoms in total. The van der Waals surface area contributed by atoms with E-state index in [4.69, 9.17) is 0 Å². The average molecular weight is 214 g/mol. The van der Waals surface area contributed by atoms with E-state index in [0.29, 0.717) is 6.54 Å². The molecule has 88 valence electrons.